The monoisotopic (exact) mass is 439 g/mol. The van der Waals surface area contributed by atoms with Crippen LogP contribution >= 0.6 is 0 Å². The van der Waals surface area contributed by atoms with Crippen molar-refractivity contribution in [2.75, 3.05) is 19.6 Å². The molecule has 2 bridgehead atoms. The van der Waals surface area contributed by atoms with Crippen molar-refractivity contribution in [2.45, 2.75) is 74.7 Å². The molecule has 2 amide bonds. The number of rotatable bonds is 5. The van der Waals surface area contributed by atoms with Gasteiger partial charge >= 0.3 is 0 Å². The number of hydrogen-bond donors (Lipinski definition) is 1. The number of carbonyl (C=O) groups excluding carboxylic acids is 2. The third-order valence-electron chi connectivity index (χ3n) is 7.98. The summed E-state index contributed by atoms with van der Waals surface area (Å²) in [6.07, 6.45) is 6.17. The number of nitriles is 1. The van der Waals surface area contributed by atoms with E-state index < -0.39 is 12.1 Å². The molecule has 1 aromatic carbocycles. The molecule has 4 atom stereocenters. The first-order chi connectivity index (χ1) is 15.4. The minimum absolute atomic E-state index is 0.0802. The van der Waals surface area contributed by atoms with Crippen LogP contribution in [0.1, 0.15) is 50.5 Å². The third-order valence-corrected chi connectivity index (χ3v) is 7.98. The van der Waals surface area contributed by atoms with Gasteiger partial charge in [0.15, 0.2) is 0 Å². The van der Waals surface area contributed by atoms with Gasteiger partial charge in [0, 0.05) is 25.7 Å². The summed E-state index contributed by atoms with van der Waals surface area (Å²) in [6.45, 7) is 1.60. The predicted octanol–water partition coefficient (Wildman–Crippen LogP) is 1.72. The highest BCUT2D eigenvalue weighted by atomic mass is 19.1. The number of amides is 2. The summed E-state index contributed by atoms with van der Waals surface area (Å²) in [5.41, 5.74) is 6.92. The second-order valence-electron chi connectivity index (χ2n) is 9.74. The minimum atomic E-state index is -0.734. The topological polar surface area (TPSA) is 93.7 Å². The number of nitrogens with zero attached hydrogens (tertiary/aromatic N) is 4. The van der Waals surface area contributed by atoms with Crippen LogP contribution in [0.2, 0.25) is 0 Å². The van der Waals surface area contributed by atoms with E-state index in [2.05, 4.69) is 15.9 Å². The smallest absolute Gasteiger partial charge is 0.241 e. The van der Waals surface area contributed by atoms with Gasteiger partial charge in [-0.1, -0.05) is 25.0 Å². The molecule has 3 heterocycles. The van der Waals surface area contributed by atoms with E-state index in [9.17, 15) is 19.2 Å². The van der Waals surface area contributed by atoms with Gasteiger partial charge in [0.1, 0.15) is 11.9 Å². The summed E-state index contributed by atoms with van der Waals surface area (Å²) < 4.78 is 13.6. The molecule has 8 heteroatoms. The maximum absolute atomic E-state index is 13.6. The molecule has 5 rings (SSSR count). The Morgan fingerprint density at radius 2 is 1.97 bits per heavy atom. The van der Waals surface area contributed by atoms with Crippen molar-refractivity contribution >= 4 is 11.8 Å². The van der Waals surface area contributed by atoms with Crippen LogP contribution in [-0.2, 0) is 15.1 Å². The molecule has 170 valence electrons. The van der Waals surface area contributed by atoms with Crippen LogP contribution in [0.25, 0.3) is 0 Å². The number of hydrogen-bond acceptors (Lipinski definition) is 5. The summed E-state index contributed by atoms with van der Waals surface area (Å²) >= 11 is 0. The Morgan fingerprint density at radius 1 is 1.25 bits per heavy atom. The Bertz CT molecular complexity index is 939. The normalized spacial score (nSPS) is 30.2. The molecule has 1 saturated carbocycles. The van der Waals surface area contributed by atoms with Gasteiger partial charge in [-0.05, 0) is 49.8 Å². The number of halogens is 1. The molecule has 1 aliphatic carbocycles. The van der Waals surface area contributed by atoms with Gasteiger partial charge in [-0.25, -0.2) is 4.39 Å². The molecule has 3 saturated heterocycles. The van der Waals surface area contributed by atoms with E-state index >= 15 is 0 Å². The Labute approximate surface area is 187 Å². The van der Waals surface area contributed by atoms with Crippen molar-refractivity contribution < 1.29 is 14.0 Å². The van der Waals surface area contributed by atoms with Crippen molar-refractivity contribution in [1.29, 1.82) is 5.26 Å². The van der Waals surface area contributed by atoms with Gasteiger partial charge in [0.05, 0.1) is 23.7 Å². The van der Waals surface area contributed by atoms with Gasteiger partial charge < -0.3 is 15.5 Å². The molecule has 7 nitrogen and oxygen atoms in total. The summed E-state index contributed by atoms with van der Waals surface area (Å²) in [6, 6.07) is 7.51. The van der Waals surface area contributed by atoms with Crippen molar-refractivity contribution in [1.82, 2.24) is 14.7 Å². The lowest BCUT2D eigenvalue weighted by Crippen LogP contribution is -2.60. The highest BCUT2D eigenvalue weighted by molar-refractivity contribution is 5.87. The zero-order valence-corrected chi connectivity index (χ0v) is 18.3. The fourth-order valence-electron chi connectivity index (χ4n) is 6.52. The number of carbonyl (C=O) groups is 2. The molecule has 0 aromatic heterocycles. The lowest BCUT2D eigenvalue weighted by molar-refractivity contribution is -0.145. The van der Waals surface area contributed by atoms with Gasteiger partial charge in [-0.15, -0.1) is 0 Å². The average Bonchev–Trinajstić information content (AvgIpc) is 3.57. The average molecular weight is 440 g/mol. The predicted molar refractivity (Wildman–Crippen MR) is 115 cm³/mol. The zero-order valence-electron chi connectivity index (χ0n) is 18.3. The van der Waals surface area contributed by atoms with Gasteiger partial charge in [0.25, 0.3) is 0 Å². The first kappa shape index (κ1) is 21.4. The van der Waals surface area contributed by atoms with Gasteiger partial charge in [-0.3, -0.25) is 14.5 Å². The van der Waals surface area contributed by atoms with E-state index in [1.165, 1.54) is 12.1 Å². The van der Waals surface area contributed by atoms with Gasteiger partial charge in [-0.2, -0.15) is 5.26 Å². The molecule has 3 aliphatic heterocycles. The molecule has 4 aliphatic rings. The van der Waals surface area contributed by atoms with Crippen molar-refractivity contribution in [2.24, 2.45) is 5.73 Å². The van der Waals surface area contributed by atoms with Crippen LogP contribution < -0.4 is 5.73 Å². The van der Waals surface area contributed by atoms with Crippen molar-refractivity contribution in [3.8, 4) is 6.07 Å². The lowest BCUT2D eigenvalue weighted by Gasteiger charge is -2.46. The second-order valence-corrected chi connectivity index (χ2v) is 9.74. The molecule has 1 aromatic rings. The Kier molecular flexibility index (Phi) is 5.42. The Hall–Kier alpha value is -2.50. The second kappa shape index (κ2) is 8.13. The van der Waals surface area contributed by atoms with E-state index in [4.69, 9.17) is 5.73 Å². The van der Waals surface area contributed by atoms with Crippen LogP contribution in [0, 0.1) is 17.1 Å². The molecule has 4 fully saturated rings. The maximum Gasteiger partial charge on any atom is 0.241 e. The Balaban J connectivity index is 1.30. The quantitative estimate of drug-likeness (QED) is 0.754. The van der Waals surface area contributed by atoms with Crippen molar-refractivity contribution in [3.63, 3.8) is 0 Å². The first-order valence-corrected chi connectivity index (χ1v) is 11.7. The van der Waals surface area contributed by atoms with Crippen molar-refractivity contribution in [3.05, 3.63) is 35.6 Å². The maximum atomic E-state index is 13.6. The number of fused-ring (bicyclic) bond motifs is 2. The molecule has 2 N–H and O–H groups in total. The van der Waals surface area contributed by atoms with Crippen LogP contribution in [0.15, 0.2) is 24.3 Å². The summed E-state index contributed by atoms with van der Waals surface area (Å²) in [4.78, 5) is 32.1. The van der Waals surface area contributed by atoms with Crippen LogP contribution in [-0.4, -0.2) is 70.3 Å². The van der Waals surface area contributed by atoms with Gasteiger partial charge in [0.2, 0.25) is 11.8 Å². The molecular formula is C24H30FN5O2. The molecule has 0 spiro atoms. The summed E-state index contributed by atoms with van der Waals surface area (Å²) in [5.74, 6) is -0.361. The SMILES string of the molecule is N#C[C@@H]1CCCN1C(=O)[C@@H](N)CN1C[C@@H]2C[C@H]1C(=O)N2C1(c2ccc(F)cc2)CCCC1. The van der Waals surface area contributed by atoms with E-state index in [0.29, 0.717) is 26.1 Å². The molecular weight excluding hydrogens is 409 g/mol. The highest BCUT2D eigenvalue weighted by Crippen LogP contribution is 2.49. The number of nitrogens with two attached hydrogens (primary N) is 1. The van der Waals surface area contributed by atoms with Crippen LogP contribution in [0.5, 0.6) is 0 Å². The van der Waals surface area contributed by atoms with E-state index in [-0.39, 0.29) is 35.3 Å². The largest absolute Gasteiger partial charge is 0.327 e. The van der Waals surface area contributed by atoms with E-state index in [1.54, 1.807) is 4.90 Å². The third kappa shape index (κ3) is 3.30. The molecule has 0 radical (unpaired) electrons. The molecule has 0 unspecified atom stereocenters. The summed E-state index contributed by atoms with van der Waals surface area (Å²) in [5, 5.41) is 9.27. The molecule has 32 heavy (non-hydrogen) atoms. The van der Waals surface area contributed by atoms with E-state index in [0.717, 1.165) is 44.1 Å². The standard InChI is InChI=1S/C24H30FN5O2/c25-17-7-5-16(6-8-17)24(9-1-2-10-24)30-19-12-21(23(30)32)28(14-19)15-20(27)22(31)29-11-3-4-18(29)13-26/h5-8,18-21H,1-4,9-12,14-15,27H2/t18-,19-,20-,21-/m0/s1. The Morgan fingerprint density at radius 3 is 2.62 bits per heavy atom. The fraction of sp³-hybridized carbons (Fsp3) is 0.625. The lowest BCUT2D eigenvalue weighted by atomic mass is 9.85. The summed E-state index contributed by atoms with van der Waals surface area (Å²) in [7, 11) is 0. The minimum Gasteiger partial charge on any atom is -0.327 e. The first-order valence-electron chi connectivity index (χ1n) is 11.7. The van der Waals surface area contributed by atoms with E-state index in [1.807, 2.05) is 12.1 Å². The van der Waals surface area contributed by atoms with Crippen LogP contribution in [0.4, 0.5) is 4.39 Å². The highest BCUT2D eigenvalue weighted by Gasteiger charge is 2.57. The van der Waals surface area contributed by atoms with Crippen LogP contribution in [0.3, 0.4) is 0 Å². The zero-order chi connectivity index (χ0) is 22.5. The number of piperazine rings is 1. The number of likely N-dealkylation sites (tertiary alicyclic amines) is 3. The fourth-order valence-corrected chi connectivity index (χ4v) is 6.52. The number of benzene rings is 1.